The van der Waals surface area contributed by atoms with E-state index in [1.165, 1.54) is 12.7 Å². The van der Waals surface area contributed by atoms with Gasteiger partial charge in [-0.3, -0.25) is 9.78 Å². The van der Waals surface area contributed by atoms with Crippen molar-refractivity contribution in [3.63, 3.8) is 0 Å². The molecule has 0 aliphatic carbocycles. The normalized spacial score (nSPS) is 10.4. The summed E-state index contributed by atoms with van der Waals surface area (Å²) in [5.74, 6) is 0.0783. The molecular formula is C11H9N7O2. The molecule has 4 aromatic heterocycles. The van der Waals surface area contributed by atoms with Crippen molar-refractivity contribution in [2.24, 2.45) is 0 Å². The lowest BCUT2D eigenvalue weighted by Gasteiger charge is -1.89. The second-order valence-electron chi connectivity index (χ2n) is 3.75. The summed E-state index contributed by atoms with van der Waals surface area (Å²) in [7, 11) is 0. The van der Waals surface area contributed by atoms with Gasteiger partial charge in [0.2, 0.25) is 5.95 Å². The number of hydrogen-bond acceptors (Lipinski definition) is 7. The molecule has 0 unspecified atom stereocenters. The second kappa shape index (κ2) is 4.80. The van der Waals surface area contributed by atoms with E-state index in [4.69, 9.17) is 10.2 Å². The molecule has 20 heavy (non-hydrogen) atoms. The first-order valence-electron chi connectivity index (χ1n) is 5.56. The zero-order chi connectivity index (χ0) is 13.9. The van der Waals surface area contributed by atoms with Crippen molar-refractivity contribution >= 4 is 28.2 Å². The van der Waals surface area contributed by atoms with E-state index >= 15 is 0 Å². The molecule has 100 valence electrons. The number of imidazole rings is 1. The molecule has 0 aliphatic heterocycles. The fourth-order valence-electron chi connectivity index (χ4n) is 1.57. The Hall–Kier alpha value is -3.23. The second-order valence-corrected chi connectivity index (χ2v) is 3.75. The van der Waals surface area contributed by atoms with Crippen LogP contribution in [0.3, 0.4) is 0 Å². The first-order valence-corrected chi connectivity index (χ1v) is 5.56. The highest BCUT2D eigenvalue weighted by molar-refractivity contribution is 5.70. The quantitative estimate of drug-likeness (QED) is 0.421. The fraction of sp³-hybridized carbons (Fsp3) is 0. The predicted octanol–water partition coefficient (Wildman–Crippen LogP) is 0.451. The van der Waals surface area contributed by atoms with Gasteiger partial charge in [-0.2, -0.15) is 4.98 Å². The lowest BCUT2D eigenvalue weighted by atomic mass is 10.5. The van der Waals surface area contributed by atoms with Gasteiger partial charge in [-0.15, -0.1) is 0 Å². The van der Waals surface area contributed by atoms with Crippen LogP contribution in [-0.2, 0) is 0 Å². The van der Waals surface area contributed by atoms with Crippen molar-refractivity contribution in [1.82, 2.24) is 29.9 Å². The summed E-state index contributed by atoms with van der Waals surface area (Å²) in [6.45, 7) is 0. The largest absolute Gasteiger partial charge is 0.461 e. The molecule has 9 nitrogen and oxygen atoms in total. The molecule has 0 bridgehead atoms. The zero-order valence-corrected chi connectivity index (χ0v) is 10.1. The minimum atomic E-state index is -0.301. The molecule has 0 spiro atoms. The van der Waals surface area contributed by atoms with Crippen LogP contribution < -0.4 is 11.3 Å². The summed E-state index contributed by atoms with van der Waals surface area (Å²) in [5, 5.41) is 0. The molecule has 9 heteroatoms. The van der Waals surface area contributed by atoms with Crippen molar-refractivity contribution in [2.75, 3.05) is 5.73 Å². The molecule has 0 atom stereocenters. The predicted molar refractivity (Wildman–Crippen MR) is 70.7 cm³/mol. The highest BCUT2D eigenvalue weighted by Crippen LogP contribution is 2.08. The van der Waals surface area contributed by atoms with E-state index in [9.17, 15) is 4.79 Å². The Bertz CT molecular complexity index is 877. The van der Waals surface area contributed by atoms with Crippen LogP contribution in [0.2, 0.25) is 0 Å². The number of rotatable bonds is 0. The third kappa shape index (κ3) is 2.19. The van der Waals surface area contributed by atoms with E-state index in [2.05, 4.69) is 29.9 Å². The van der Waals surface area contributed by atoms with Crippen LogP contribution in [0.15, 0.2) is 40.4 Å². The maximum absolute atomic E-state index is 11.0. The topological polar surface area (TPSA) is 139 Å². The van der Waals surface area contributed by atoms with E-state index in [1.807, 2.05) is 0 Å². The number of aromatic amines is 2. The van der Waals surface area contributed by atoms with Crippen molar-refractivity contribution in [2.45, 2.75) is 0 Å². The SMILES string of the molecule is Nc1nc2nc[nH]c2c(=O)[nH]1.c1ncc2occc2n1. The average Bonchev–Trinajstić information content (AvgIpc) is 3.06. The maximum atomic E-state index is 11.0. The van der Waals surface area contributed by atoms with Gasteiger partial charge in [0.25, 0.3) is 5.56 Å². The van der Waals surface area contributed by atoms with Gasteiger partial charge < -0.3 is 15.1 Å². The smallest absolute Gasteiger partial charge is 0.278 e. The van der Waals surface area contributed by atoms with Crippen LogP contribution in [0.4, 0.5) is 5.95 Å². The lowest BCUT2D eigenvalue weighted by molar-refractivity contribution is 0.613. The Balaban J connectivity index is 0.000000123. The lowest BCUT2D eigenvalue weighted by Crippen LogP contribution is -2.10. The van der Waals surface area contributed by atoms with Crippen LogP contribution in [-0.4, -0.2) is 29.9 Å². The molecule has 4 heterocycles. The van der Waals surface area contributed by atoms with Crippen molar-refractivity contribution in [3.8, 4) is 0 Å². The van der Waals surface area contributed by atoms with Gasteiger partial charge >= 0.3 is 0 Å². The molecular weight excluding hydrogens is 262 g/mol. The van der Waals surface area contributed by atoms with E-state index in [-0.39, 0.29) is 11.5 Å². The third-order valence-corrected chi connectivity index (χ3v) is 2.44. The van der Waals surface area contributed by atoms with E-state index in [0.29, 0.717) is 11.2 Å². The minimum Gasteiger partial charge on any atom is -0.461 e. The molecule has 0 fully saturated rings. The number of aromatic nitrogens is 6. The van der Waals surface area contributed by atoms with Crippen molar-refractivity contribution < 1.29 is 4.42 Å². The molecule has 4 rings (SSSR count). The number of anilines is 1. The highest BCUT2D eigenvalue weighted by atomic mass is 16.3. The van der Waals surface area contributed by atoms with Crippen LogP contribution in [0.1, 0.15) is 0 Å². The molecule has 0 amide bonds. The van der Waals surface area contributed by atoms with Gasteiger partial charge in [0.1, 0.15) is 11.8 Å². The minimum absolute atomic E-state index is 0.0783. The third-order valence-electron chi connectivity index (χ3n) is 2.44. The summed E-state index contributed by atoms with van der Waals surface area (Å²) < 4.78 is 4.99. The summed E-state index contributed by atoms with van der Waals surface area (Å²) >= 11 is 0. The van der Waals surface area contributed by atoms with Gasteiger partial charge in [0.15, 0.2) is 16.7 Å². The van der Waals surface area contributed by atoms with Crippen molar-refractivity contribution in [1.29, 1.82) is 0 Å². The number of furan rings is 1. The van der Waals surface area contributed by atoms with Crippen LogP contribution in [0.5, 0.6) is 0 Å². The Labute approximate surface area is 110 Å². The first kappa shape index (κ1) is 11.8. The zero-order valence-electron chi connectivity index (χ0n) is 10.1. The number of nitrogens with one attached hydrogen (secondary N) is 2. The Kier molecular flexibility index (Phi) is 2.84. The van der Waals surface area contributed by atoms with Crippen molar-refractivity contribution in [3.05, 3.63) is 41.5 Å². The van der Waals surface area contributed by atoms with E-state index < -0.39 is 0 Å². The summed E-state index contributed by atoms with van der Waals surface area (Å²) in [4.78, 5) is 31.3. The summed E-state index contributed by atoms with van der Waals surface area (Å²) in [5.41, 5.74) is 7.23. The van der Waals surface area contributed by atoms with Gasteiger partial charge in [-0.05, 0) is 0 Å². The van der Waals surface area contributed by atoms with E-state index in [1.54, 1.807) is 18.5 Å². The van der Waals surface area contributed by atoms with Gasteiger partial charge in [-0.25, -0.2) is 15.0 Å². The molecule has 0 aliphatic rings. The summed E-state index contributed by atoms with van der Waals surface area (Å²) in [6.07, 6.45) is 6.13. The van der Waals surface area contributed by atoms with Gasteiger partial charge in [-0.1, -0.05) is 0 Å². The molecule has 4 aromatic rings. The standard InChI is InChI=1S/C6H4N2O.C5H5N5O/c1-2-9-6-3-7-4-8-5(1)6;6-5-9-3-2(4(11)10-5)7-1-8-3/h1-4H;1H,(H4,6,7,8,9,10,11). The number of hydrogen-bond donors (Lipinski definition) is 3. The molecule has 0 aromatic carbocycles. The van der Waals surface area contributed by atoms with Gasteiger partial charge in [0.05, 0.1) is 18.8 Å². The fourth-order valence-corrected chi connectivity index (χ4v) is 1.57. The molecule has 4 N–H and O–H groups in total. The number of nitrogens with two attached hydrogens (primary N) is 1. The molecule has 0 radical (unpaired) electrons. The first-order chi connectivity index (χ1) is 9.74. The van der Waals surface area contributed by atoms with Crippen LogP contribution in [0.25, 0.3) is 22.3 Å². The van der Waals surface area contributed by atoms with Gasteiger partial charge in [0, 0.05) is 6.07 Å². The molecule has 0 saturated carbocycles. The Morgan fingerprint density at radius 3 is 3.05 bits per heavy atom. The van der Waals surface area contributed by atoms with Crippen LogP contribution in [0, 0.1) is 0 Å². The van der Waals surface area contributed by atoms with E-state index in [0.717, 1.165) is 11.1 Å². The molecule has 0 saturated heterocycles. The average molecular weight is 271 g/mol. The summed E-state index contributed by atoms with van der Waals surface area (Å²) in [6, 6.07) is 1.80. The number of nitrogens with zero attached hydrogens (tertiary/aromatic N) is 4. The number of H-pyrrole nitrogens is 2. The maximum Gasteiger partial charge on any atom is 0.278 e. The number of fused-ring (bicyclic) bond motifs is 2. The Morgan fingerprint density at radius 1 is 1.30 bits per heavy atom. The van der Waals surface area contributed by atoms with Crippen LogP contribution >= 0.6 is 0 Å². The Morgan fingerprint density at radius 2 is 2.20 bits per heavy atom. The number of nitrogen functional groups attached to an aromatic ring is 1. The highest BCUT2D eigenvalue weighted by Gasteiger charge is 2.01. The monoisotopic (exact) mass is 271 g/mol.